The Bertz CT molecular complexity index is 467. The topological polar surface area (TPSA) is 90.0 Å². The van der Waals surface area contributed by atoms with E-state index >= 15 is 0 Å². The van der Waals surface area contributed by atoms with Gasteiger partial charge in [0.2, 0.25) is 10.0 Å². The van der Waals surface area contributed by atoms with Crippen molar-refractivity contribution in [3.05, 3.63) is 12.4 Å². The molecule has 1 unspecified atom stereocenters. The molecule has 0 aliphatic rings. The minimum atomic E-state index is -3.47. The molecule has 1 atom stereocenters. The average molecular weight is 274 g/mol. The fourth-order valence-electron chi connectivity index (χ4n) is 1.31. The molecule has 0 saturated heterocycles. The molecule has 7 heteroatoms. The predicted molar refractivity (Wildman–Crippen MR) is 70.5 cm³/mol. The fraction of sp³-hybridized carbons (Fsp3) is 0.727. The minimum absolute atomic E-state index is 0.109. The van der Waals surface area contributed by atoms with Gasteiger partial charge in [0.05, 0.1) is 6.20 Å². The molecule has 0 aliphatic carbocycles. The van der Waals surface area contributed by atoms with Crippen LogP contribution in [-0.2, 0) is 16.6 Å². The molecule has 6 nitrogen and oxygen atoms in total. The zero-order valence-corrected chi connectivity index (χ0v) is 11.9. The first-order valence-electron chi connectivity index (χ1n) is 6.11. The lowest BCUT2D eigenvalue weighted by Gasteiger charge is -2.16. The SMILES string of the molecule is CC(C)C(C)NS(=O)(=O)c1cnn(CCCN)c1. The van der Waals surface area contributed by atoms with Gasteiger partial charge in [0.25, 0.3) is 0 Å². The molecular formula is C11H22N4O2S. The van der Waals surface area contributed by atoms with E-state index in [0.717, 1.165) is 6.42 Å². The highest BCUT2D eigenvalue weighted by molar-refractivity contribution is 7.89. The Balaban J connectivity index is 2.76. The highest BCUT2D eigenvalue weighted by atomic mass is 32.2. The molecule has 3 N–H and O–H groups in total. The lowest BCUT2D eigenvalue weighted by Crippen LogP contribution is -2.35. The van der Waals surface area contributed by atoms with E-state index in [1.807, 2.05) is 20.8 Å². The van der Waals surface area contributed by atoms with Crippen molar-refractivity contribution in [2.24, 2.45) is 11.7 Å². The number of nitrogens with two attached hydrogens (primary N) is 1. The number of hydrogen-bond donors (Lipinski definition) is 2. The zero-order valence-electron chi connectivity index (χ0n) is 11.1. The summed E-state index contributed by atoms with van der Waals surface area (Å²) < 4.78 is 28.3. The fourth-order valence-corrected chi connectivity index (χ4v) is 2.65. The van der Waals surface area contributed by atoms with Gasteiger partial charge in [-0.3, -0.25) is 4.68 Å². The van der Waals surface area contributed by atoms with Crippen LogP contribution in [0.25, 0.3) is 0 Å². The number of nitrogens with one attached hydrogen (secondary N) is 1. The minimum Gasteiger partial charge on any atom is -0.330 e. The smallest absolute Gasteiger partial charge is 0.243 e. The third kappa shape index (κ3) is 4.08. The Kier molecular flexibility index (Phi) is 5.30. The average Bonchev–Trinajstić information content (AvgIpc) is 2.74. The number of aryl methyl sites for hydroxylation is 1. The van der Waals surface area contributed by atoms with Gasteiger partial charge in [-0.15, -0.1) is 0 Å². The Morgan fingerprint density at radius 1 is 1.44 bits per heavy atom. The van der Waals surface area contributed by atoms with Crippen molar-refractivity contribution < 1.29 is 8.42 Å². The van der Waals surface area contributed by atoms with E-state index in [9.17, 15) is 8.42 Å². The largest absolute Gasteiger partial charge is 0.330 e. The zero-order chi connectivity index (χ0) is 13.8. The number of rotatable bonds is 7. The molecule has 1 heterocycles. The van der Waals surface area contributed by atoms with Crippen LogP contribution in [0.5, 0.6) is 0 Å². The highest BCUT2D eigenvalue weighted by Gasteiger charge is 2.20. The number of hydrogen-bond acceptors (Lipinski definition) is 4. The lowest BCUT2D eigenvalue weighted by molar-refractivity contribution is 0.476. The molecule has 0 radical (unpaired) electrons. The summed E-state index contributed by atoms with van der Waals surface area (Å²) in [5, 5.41) is 4.01. The first kappa shape index (κ1) is 15.1. The molecule has 0 bridgehead atoms. The quantitative estimate of drug-likeness (QED) is 0.760. The molecular weight excluding hydrogens is 252 g/mol. The molecule has 0 saturated carbocycles. The normalized spacial score (nSPS) is 14.1. The van der Waals surface area contributed by atoms with Crippen LogP contribution >= 0.6 is 0 Å². The third-order valence-corrected chi connectivity index (χ3v) is 4.37. The van der Waals surface area contributed by atoms with Crippen LogP contribution in [0.4, 0.5) is 0 Å². The predicted octanol–water partition coefficient (Wildman–Crippen LogP) is 0.555. The summed E-state index contributed by atoms with van der Waals surface area (Å²) in [6.45, 7) is 6.98. The summed E-state index contributed by atoms with van der Waals surface area (Å²) in [4.78, 5) is 0.201. The van der Waals surface area contributed by atoms with E-state index in [-0.39, 0.29) is 16.9 Å². The number of aromatic nitrogens is 2. The van der Waals surface area contributed by atoms with Crippen molar-refractivity contribution in [3.63, 3.8) is 0 Å². The van der Waals surface area contributed by atoms with Gasteiger partial charge in [-0.05, 0) is 25.8 Å². The maximum atomic E-state index is 12.0. The second kappa shape index (κ2) is 6.31. The van der Waals surface area contributed by atoms with E-state index in [2.05, 4.69) is 9.82 Å². The molecule has 0 aromatic carbocycles. The summed E-state index contributed by atoms with van der Waals surface area (Å²) in [6.07, 6.45) is 3.67. The molecule has 0 aliphatic heterocycles. The molecule has 0 spiro atoms. The Morgan fingerprint density at radius 3 is 2.67 bits per heavy atom. The van der Waals surface area contributed by atoms with Crippen LogP contribution in [0, 0.1) is 5.92 Å². The van der Waals surface area contributed by atoms with Gasteiger partial charge in [0.15, 0.2) is 0 Å². The summed E-state index contributed by atoms with van der Waals surface area (Å²) in [6, 6.07) is -0.109. The van der Waals surface area contributed by atoms with Gasteiger partial charge in [0.1, 0.15) is 4.90 Å². The maximum absolute atomic E-state index is 12.0. The van der Waals surface area contributed by atoms with E-state index in [1.54, 1.807) is 4.68 Å². The van der Waals surface area contributed by atoms with E-state index < -0.39 is 10.0 Å². The number of nitrogens with zero attached hydrogens (tertiary/aromatic N) is 2. The first-order valence-corrected chi connectivity index (χ1v) is 7.60. The monoisotopic (exact) mass is 274 g/mol. The Labute approximate surface area is 109 Å². The second-order valence-electron chi connectivity index (χ2n) is 4.74. The third-order valence-electron chi connectivity index (χ3n) is 2.85. The molecule has 0 amide bonds. The van der Waals surface area contributed by atoms with E-state index in [4.69, 9.17) is 5.73 Å². The van der Waals surface area contributed by atoms with Gasteiger partial charge >= 0.3 is 0 Å². The molecule has 0 fully saturated rings. The van der Waals surface area contributed by atoms with Crippen LogP contribution in [0.15, 0.2) is 17.3 Å². The van der Waals surface area contributed by atoms with Gasteiger partial charge in [-0.2, -0.15) is 5.10 Å². The first-order chi connectivity index (χ1) is 8.36. The van der Waals surface area contributed by atoms with Gasteiger partial charge < -0.3 is 5.73 Å². The van der Waals surface area contributed by atoms with E-state index in [0.29, 0.717) is 13.1 Å². The van der Waals surface area contributed by atoms with Crippen molar-refractivity contribution >= 4 is 10.0 Å². The van der Waals surface area contributed by atoms with Crippen molar-refractivity contribution in [1.29, 1.82) is 0 Å². The Morgan fingerprint density at radius 2 is 2.11 bits per heavy atom. The maximum Gasteiger partial charge on any atom is 0.243 e. The molecule has 104 valence electrons. The molecule has 1 aromatic heterocycles. The summed E-state index contributed by atoms with van der Waals surface area (Å²) in [7, 11) is -3.47. The number of sulfonamides is 1. The van der Waals surface area contributed by atoms with Crippen LogP contribution in [0.3, 0.4) is 0 Å². The summed E-state index contributed by atoms with van der Waals surface area (Å²) >= 11 is 0. The van der Waals surface area contributed by atoms with E-state index in [1.165, 1.54) is 12.4 Å². The molecule has 1 rings (SSSR count). The van der Waals surface area contributed by atoms with Crippen molar-refractivity contribution in [1.82, 2.24) is 14.5 Å². The summed E-state index contributed by atoms with van der Waals surface area (Å²) in [5.74, 6) is 0.243. The van der Waals surface area contributed by atoms with Crippen molar-refractivity contribution in [2.45, 2.75) is 44.7 Å². The van der Waals surface area contributed by atoms with Crippen LogP contribution < -0.4 is 10.5 Å². The standard InChI is InChI=1S/C11H22N4O2S/c1-9(2)10(3)14-18(16,17)11-7-13-15(8-11)6-4-5-12/h7-10,14H,4-6,12H2,1-3H3. The van der Waals surface area contributed by atoms with Crippen LogP contribution in [0.1, 0.15) is 27.2 Å². The highest BCUT2D eigenvalue weighted by Crippen LogP contribution is 2.10. The van der Waals surface area contributed by atoms with Crippen LogP contribution in [-0.4, -0.2) is 30.8 Å². The molecule has 18 heavy (non-hydrogen) atoms. The van der Waals surface area contributed by atoms with Gasteiger partial charge in [-0.25, -0.2) is 13.1 Å². The lowest BCUT2D eigenvalue weighted by atomic mass is 10.1. The van der Waals surface area contributed by atoms with Gasteiger partial charge in [0, 0.05) is 18.8 Å². The van der Waals surface area contributed by atoms with Crippen LogP contribution in [0.2, 0.25) is 0 Å². The van der Waals surface area contributed by atoms with Crippen molar-refractivity contribution in [3.8, 4) is 0 Å². The second-order valence-corrected chi connectivity index (χ2v) is 6.45. The van der Waals surface area contributed by atoms with Gasteiger partial charge in [-0.1, -0.05) is 13.8 Å². The Hall–Kier alpha value is -0.920. The summed E-state index contributed by atoms with van der Waals surface area (Å²) in [5.41, 5.74) is 5.40. The van der Waals surface area contributed by atoms with Crippen molar-refractivity contribution in [2.75, 3.05) is 6.54 Å². The molecule has 1 aromatic rings.